The number of aryl methyl sites for hydroxylation is 1. The van der Waals surface area contributed by atoms with Crippen LogP contribution in [0, 0.1) is 6.92 Å². The molecule has 21 heavy (non-hydrogen) atoms. The fraction of sp³-hybridized carbons (Fsp3) is 0.533. The first-order valence-electron chi connectivity index (χ1n) is 7.16. The monoisotopic (exact) mass is 291 g/mol. The Morgan fingerprint density at radius 1 is 1.48 bits per heavy atom. The zero-order valence-corrected chi connectivity index (χ0v) is 12.8. The van der Waals surface area contributed by atoms with E-state index in [4.69, 9.17) is 4.52 Å². The maximum Gasteiger partial charge on any atom is 0.259 e. The van der Waals surface area contributed by atoms with Crippen molar-refractivity contribution in [3.63, 3.8) is 0 Å². The van der Waals surface area contributed by atoms with Crippen LogP contribution in [0.1, 0.15) is 54.9 Å². The van der Waals surface area contributed by atoms with E-state index in [1.165, 1.54) is 0 Å². The van der Waals surface area contributed by atoms with Crippen LogP contribution in [0.4, 0.5) is 0 Å². The first-order valence-corrected chi connectivity index (χ1v) is 7.16. The van der Waals surface area contributed by atoms with Gasteiger partial charge in [0.1, 0.15) is 0 Å². The van der Waals surface area contributed by atoms with Gasteiger partial charge in [0.15, 0.2) is 0 Å². The van der Waals surface area contributed by atoms with E-state index in [-0.39, 0.29) is 24.5 Å². The summed E-state index contributed by atoms with van der Waals surface area (Å²) in [6.45, 7) is 7.61. The smallest absolute Gasteiger partial charge is 0.259 e. The number of pyridine rings is 1. The Bertz CT molecular complexity index is 645. The molecule has 0 fully saturated rings. The number of aliphatic hydroxyl groups is 1. The van der Waals surface area contributed by atoms with Gasteiger partial charge in [-0.05, 0) is 25.3 Å². The molecule has 1 amide bonds. The van der Waals surface area contributed by atoms with Crippen LogP contribution in [0.15, 0.2) is 10.6 Å². The highest BCUT2D eigenvalue weighted by atomic mass is 16.5. The average molecular weight is 291 g/mol. The van der Waals surface area contributed by atoms with Crippen LogP contribution in [-0.2, 0) is 0 Å². The summed E-state index contributed by atoms with van der Waals surface area (Å²) in [5, 5.41) is 16.6. The molecule has 0 saturated heterocycles. The van der Waals surface area contributed by atoms with Gasteiger partial charge in [0, 0.05) is 5.69 Å². The first kappa shape index (κ1) is 15.4. The molecular formula is C15H21N3O3. The normalized spacial score (nSPS) is 12.9. The SMILES string of the molecule is CCC(CO)NC(=O)c1cc(C(C)C)nc2onc(C)c12. The van der Waals surface area contributed by atoms with E-state index in [0.29, 0.717) is 28.8 Å². The summed E-state index contributed by atoms with van der Waals surface area (Å²) in [6, 6.07) is 1.51. The van der Waals surface area contributed by atoms with Crippen LogP contribution in [-0.4, -0.2) is 33.8 Å². The van der Waals surface area contributed by atoms with Crippen molar-refractivity contribution in [1.82, 2.24) is 15.5 Å². The molecule has 0 spiro atoms. The summed E-state index contributed by atoms with van der Waals surface area (Å²) in [5.41, 5.74) is 2.28. The Morgan fingerprint density at radius 3 is 2.76 bits per heavy atom. The molecule has 2 aromatic rings. The van der Waals surface area contributed by atoms with Crippen molar-refractivity contribution in [2.75, 3.05) is 6.61 Å². The Balaban J connectivity index is 2.49. The molecule has 2 rings (SSSR count). The van der Waals surface area contributed by atoms with E-state index < -0.39 is 0 Å². The van der Waals surface area contributed by atoms with Gasteiger partial charge in [-0.1, -0.05) is 25.9 Å². The van der Waals surface area contributed by atoms with E-state index in [1.54, 1.807) is 13.0 Å². The highest BCUT2D eigenvalue weighted by Crippen LogP contribution is 2.25. The predicted molar refractivity (Wildman–Crippen MR) is 79.3 cm³/mol. The van der Waals surface area contributed by atoms with Crippen molar-refractivity contribution in [3.8, 4) is 0 Å². The number of hydrogen-bond acceptors (Lipinski definition) is 5. The molecule has 0 aliphatic heterocycles. The topological polar surface area (TPSA) is 88.2 Å². The van der Waals surface area contributed by atoms with Gasteiger partial charge in [0.05, 0.1) is 29.3 Å². The summed E-state index contributed by atoms with van der Waals surface area (Å²) in [4.78, 5) is 16.9. The minimum Gasteiger partial charge on any atom is -0.394 e. The lowest BCUT2D eigenvalue weighted by molar-refractivity contribution is 0.0916. The van der Waals surface area contributed by atoms with Crippen molar-refractivity contribution < 1.29 is 14.4 Å². The average Bonchev–Trinajstić information content (AvgIpc) is 2.85. The van der Waals surface area contributed by atoms with Crippen molar-refractivity contribution in [2.24, 2.45) is 0 Å². The molecule has 6 heteroatoms. The standard InChI is InChI=1S/C15H21N3O3/c1-5-10(7-19)16-14(20)11-6-12(8(2)3)17-15-13(11)9(4)18-21-15/h6,8,10,19H,5,7H2,1-4H3,(H,16,20). The zero-order valence-electron chi connectivity index (χ0n) is 12.8. The quantitative estimate of drug-likeness (QED) is 0.881. The molecule has 0 radical (unpaired) electrons. The number of hydrogen-bond donors (Lipinski definition) is 2. The lowest BCUT2D eigenvalue weighted by Gasteiger charge is -2.15. The van der Waals surface area contributed by atoms with Gasteiger partial charge in [0.25, 0.3) is 11.6 Å². The number of nitrogens with one attached hydrogen (secondary N) is 1. The first-order chi connectivity index (χ1) is 9.97. The van der Waals surface area contributed by atoms with Gasteiger partial charge >= 0.3 is 0 Å². The molecule has 0 aliphatic rings. The van der Waals surface area contributed by atoms with Crippen molar-refractivity contribution >= 4 is 17.0 Å². The van der Waals surface area contributed by atoms with Crippen LogP contribution in [0.2, 0.25) is 0 Å². The van der Waals surface area contributed by atoms with Gasteiger partial charge in [-0.2, -0.15) is 0 Å². The highest BCUT2D eigenvalue weighted by Gasteiger charge is 2.21. The van der Waals surface area contributed by atoms with Crippen molar-refractivity contribution in [3.05, 3.63) is 23.0 Å². The predicted octanol–water partition coefficient (Wildman–Crippen LogP) is 2.16. The minimum atomic E-state index is -0.261. The zero-order chi connectivity index (χ0) is 15.6. The molecule has 0 aliphatic carbocycles. The number of rotatable bonds is 5. The summed E-state index contributed by atoms with van der Waals surface area (Å²) >= 11 is 0. The maximum atomic E-state index is 12.5. The Labute approximate surface area is 123 Å². The molecular weight excluding hydrogens is 270 g/mol. The Kier molecular flexibility index (Phi) is 4.57. The lowest BCUT2D eigenvalue weighted by atomic mass is 10.0. The molecule has 2 heterocycles. The summed E-state index contributed by atoms with van der Waals surface area (Å²) in [6.07, 6.45) is 0.663. The second-order valence-electron chi connectivity index (χ2n) is 5.46. The van der Waals surface area contributed by atoms with Crippen molar-refractivity contribution in [2.45, 2.75) is 46.1 Å². The van der Waals surface area contributed by atoms with Crippen LogP contribution in [0.25, 0.3) is 11.1 Å². The third-order valence-electron chi connectivity index (χ3n) is 3.52. The van der Waals surface area contributed by atoms with E-state index in [2.05, 4.69) is 15.5 Å². The van der Waals surface area contributed by atoms with Gasteiger partial charge in [-0.3, -0.25) is 4.79 Å². The number of carbonyl (C=O) groups is 1. The fourth-order valence-electron chi connectivity index (χ4n) is 2.13. The number of carbonyl (C=O) groups excluding carboxylic acids is 1. The Morgan fingerprint density at radius 2 is 2.19 bits per heavy atom. The molecule has 6 nitrogen and oxygen atoms in total. The van der Waals surface area contributed by atoms with Gasteiger partial charge < -0.3 is 14.9 Å². The molecule has 1 atom stereocenters. The minimum absolute atomic E-state index is 0.0872. The third-order valence-corrected chi connectivity index (χ3v) is 3.52. The second kappa shape index (κ2) is 6.22. The lowest BCUT2D eigenvalue weighted by Crippen LogP contribution is -2.37. The Hall–Kier alpha value is -1.95. The number of aromatic nitrogens is 2. The van der Waals surface area contributed by atoms with E-state index in [0.717, 1.165) is 5.69 Å². The fourth-order valence-corrected chi connectivity index (χ4v) is 2.13. The molecule has 0 aromatic carbocycles. The molecule has 1 unspecified atom stereocenters. The number of nitrogens with zero attached hydrogens (tertiary/aromatic N) is 2. The number of aliphatic hydroxyl groups excluding tert-OH is 1. The molecule has 0 saturated carbocycles. The van der Waals surface area contributed by atoms with Gasteiger partial charge in [-0.15, -0.1) is 0 Å². The van der Waals surface area contributed by atoms with Crippen molar-refractivity contribution in [1.29, 1.82) is 0 Å². The second-order valence-corrected chi connectivity index (χ2v) is 5.46. The van der Waals surface area contributed by atoms with Crippen LogP contribution in [0.3, 0.4) is 0 Å². The number of amides is 1. The van der Waals surface area contributed by atoms with Crippen LogP contribution >= 0.6 is 0 Å². The van der Waals surface area contributed by atoms with Gasteiger partial charge in [0.2, 0.25) is 0 Å². The third kappa shape index (κ3) is 3.05. The largest absolute Gasteiger partial charge is 0.394 e. The molecule has 2 aromatic heterocycles. The summed E-state index contributed by atoms with van der Waals surface area (Å²) in [7, 11) is 0. The van der Waals surface area contributed by atoms with E-state index >= 15 is 0 Å². The summed E-state index contributed by atoms with van der Waals surface area (Å²) in [5.74, 6) is -0.0670. The highest BCUT2D eigenvalue weighted by molar-refractivity contribution is 6.06. The van der Waals surface area contributed by atoms with Crippen LogP contribution < -0.4 is 5.32 Å². The van der Waals surface area contributed by atoms with Crippen LogP contribution in [0.5, 0.6) is 0 Å². The van der Waals surface area contributed by atoms with Gasteiger partial charge in [-0.25, -0.2) is 4.98 Å². The molecule has 114 valence electrons. The molecule has 2 N–H and O–H groups in total. The van der Waals surface area contributed by atoms with E-state index in [1.807, 2.05) is 20.8 Å². The summed E-state index contributed by atoms with van der Waals surface area (Å²) < 4.78 is 5.20. The van der Waals surface area contributed by atoms with E-state index in [9.17, 15) is 9.90 Å². The molecule has 0 bridgehead atoms. The number of fused-ring (bicyclic) bond motifs is 1. The maximum absolute atomic E-state index is 12.5.